The second-order valence-corrected chi connectivity index (χ2v) is 9.98. The van der Waals surface area contributed by atoms with Crippen molar-refractivity contribution in [3.63, 3.8) is 0 Å². The third-order valence-electron chi connectivity index (χ3n) is 5.96. The number of nitrogens with two attached hydrogens (primary N) is 1. The monoisotopic (exact) mass is 516 g/mol. The topological polar surface area (TPSA) is 127 Å². The summed E-state index contributed by atoms with van der Waals surface area (Å²) in [5.41, 5.74) is 3.26. The summed E-state index contributed by atoms with van der Waals surface area (Å²) < 4.78 is 10.8. The average Bonchev–Trinajstić information content (AvgIpc) is 2.88. The van der Waals surface area contributed by atoms with E-state index in [9.17, 15) is 14.7 Å². The summed E-state index contributed by atoms with van der Waals surface area (Å²) >= 11 is 0. The van der Waals surface area contributed by atoms with Gasteiger partial charge in [-0.15, -0.1) is 0 Å². The van der Waals surface area contributed by atoms with E-state index in [4.69, 9.17) is 20.3 Å². The predicted molar refractivity (Wildman–Crippen MR) is 148 cm³/mol. The molecule has 9 nitrogen and oxygen atoms in total. The highest BCUT2D eigenvalue weighted by molar-refractivity contribution is 6.11. The zero-order valence-corrected chi connectivity index (χ0v) is 22.1. The van der Waals surface area contributed by atoms with Crippen LogP contribution in [0.3, 0.4) is 0 Å². The summed E-state index contributed by atoms with van der Waals surface area (Å²) in [7, 11) is 1.60. The number of para-hydroxylation sites is 2. The van der Waals surface area contributed by atoms with Crippen molar-refractivity contribution in [1.29, 1.82) is 0 Å². The van der Waals surface area contributed by atoms with Gasteiger partial charge in [-0.2, -0.15) is 0 Å². The molecule has 0 fully saturated rings. The van der Waals surface area contributed by atoms with E-state index in [0.29, 0.717) is 22.5 Å². The summed E-state index contributed by atoms with van der Waals surface area (Å²) in [6, 6.07) is 17.7. The Labute approximate surface area is 221 Å². The van der Waals surface area contributed by atoms with Crippen LogP contribution in [-0.2, 0) is 16.1 Å². The van der Waals surface area contributed by atoms with Gasteiger partial charge in [-0.25, -0.2) is 20.6 Å². The van der Waals surface area contributed by atoms with Crippen molar-refractivity contribution in [2.45, 2.75) is 45.9 Å². The van der Waals surface area contributed by atoms with Crippen molar-refractivity contribution < 1.29 is 24.2 Å². The van der Waals surface area contributed by atoms with E-state index in [1.807, 2.05) is 48.5 Å². The van der Waals surface area contributed by atoms with Gasteiger partial charge in [0.25, 0.3) is 5.91 Å². The Morgan fingerprint density at radius 2 is 1.79 bits per heavy atom. The molecule has 1 aromatic heterocycles. The van der Waals surface area contributed by atoms with Gasteiger partial charge in [0.15, 0.2) is 0 Å². The molecule has 2 amide bonds. The Morgan fingerprint density at radius 1 is 1.08 bits per heavy atom. The molecule has 1 heterocycles. The molecule has 0 aliphatic heterocycles. The van der Waals surface area contributed by atoms with Crippen LogP contribution in [0.15, 0.2) is 60.7 Å². The first-order valence-electron chi connectivity index (χ1n) is 12.2. The first-order chi connectivity index (χ1) is 18.0. The number of pyridine rings is 1. The first kappa shape index (κ1) is 26.8. The molecule has 0 saturated heterocycles. The highest BCUT2D eigenvalue weighted by atomic mass is 16.6. The quantitative estimate of drug-likeness (QED) is 0.147. The minimum Gasteiger partial charge on any atom is -0.494 e. The normalized spacial score (nSPS) is 12.3. The lowest BCUT2D eigenvalue weighted by atomic mass is 9.94. The van der Waals surface area contributed by atoms with Gasteiger partial charge in [-0.05, 0) is 69.2 Å². The molecule has 4 rings (SSSR count). The minimum atomic E-state index is -0.956. The maximum absolute atomic E-state index is 13.1. The fourth-order valence-electron chi connectivity index (χ4n) is 4.29. The lowest BCUT2D eigenvalue weighted by Crippen LogP contribution is -2.51. The highest BCUT2D eigenvalue weighted by Crippen LogP contribution is 2.39. The van der Waals surface area contributed by atoms with Crippen molar-refractivity contribution in [2.75, 3.05) is 12.1 Å². The minimum absolute atomic E-state index is 0.265. The molecule has 9 heteroatoms. The summed E-state index contributed by atoms with van der Waals surface area (Å²) in [5, 5.41) is 15.3. The number of aliphatic hydroxyl groups is 1. The molecule has 0 aliphatic carbocycles. The van der Waals surface area contributed by atoms with E-state index in [1.54, 1.807) is 40.0 Å². The lowest BCUT2D eigenvalue weighted by molar-refractivity contribution is -0.120. The fraction of sp³-hybridized carbons (Fsp3) is 0.276. The van der Waals surface area contributed by atoms with Crippen molar-refractivity contribution in [1.82, 2.24) is 10.3 Å². The molecular weight excluding hydrogens is 484 g/mol. The smallest absolute Gasteiger partial charge is 0.408 e. The van der Waals surface area contributed by atoms with E-state index in [0.717, 1.165) is 32.4 Å². The lowest BCUT2D eigenvalue weighted by Gasteiger charge is -2.25. The third kappa shape index (κ3) is 5.53. The Bertz CT molecular complexity index is 1510. The number of alkyl carbamates (subject to hydrolysis) is 1. The van der Waals surface area contributed by atoms with Crippen LogP contribution in [0.25, 0.3) is 32.9 Å². The van der Waals surface area contributed by atoms with Gasteiger partial charge in [0.05, 0.1) is 24.9 Å². The molecular formula is C29H32N4O5. The number of amides is 2. The first-order valence-corrected chi connectivity index (χ1v) is 12.2. The summed E-state index contributed by atoms with van der Waals surface area (Å²) in [5.74, 6) is 6.34. The van der Waals surface area contributed by atoms with Gasteiger partial charge < -0.3 is 19.9 Å². The molecule has 0 saturated carbocycles. The van der Waals surface area contributed by atoms with E-state index < -0.39 is 23.6 Å². The number of aliphatic hydroxyl groups excluding tert-OH is 1. The number of anilines is 1. The average molecular weight is 517 g/mol. The molecule has 1 atom stereocenters. The fourth-order valence-corrected chi connectivity index (χ4v) is 4.29. The number of rotatable bonds is 6. The molecule has 4 N–H and O–H groups in total. The van der Waals surface area contributed by atoms with E-state index in [-0.39, 0.29) is 6.61 Å². The molecule has 0 spiro atoms. The van der Waals surface area contributed by atoms with Crippen molar-refractivity contribution in [3.05, 3.63) is 66.2 Å². The Morgan fingerprint density at radius 3 is 2.47 bits per heavy atom. The number of fused-ring (bicyclic) bond motifs is 2. The zero-order valence-electron chi connectivity index (χ0n) is 22.1. The number of methoxy groups -OCH3 is 1. The zero-order chi connectivity index (χ0) is 27.6. The van der Waals surface area contributed by atoms with Gasteiger partial charge in [-0.1, -0.05) is 30.3 Å². The van der Waals surface area contributed by atoms with Crippen LogP contribution in [0.5, 0.6) is 5.75 Å². The summed E-state index contributed by atoms with van der Waals surface area (Å²) in [6.45, 7) is 6.47. The van der Waals surface area contributed by atoms with Gasteiger partial charge in [0, 0.05) is 16.3 Å². The molecule has 3 aromatic carbocycles. The SMILES string of the molecule is COc1cccc2c(-c3cc(CO)cc(N(N)C(=O)C(C)NC(=O)OC(C)(C)C)c3)c3ccccc3nc12. The number of nitrogens with one attached hydrogen (secondary N) is 1. The maximum atomic E-state index is 13.1. The number of aromatic nitrogens is 1. The van der Waals surface area contributed by atoms with Crippen LogP contribution in [0.2, 0.25) is 0 Å². The molecule has 1 unspecified atom stereocenters. The summed E-state index contributed by atoms with van der Waals surface area (Å²) in [4.78, 5) is 30.1. The number of hydrogen-bond acceptors (Lipinski definition) is 7. The van der Waals surface area contributed by atoms with Gasteiger partial charge in [0.2, 0.25) is 0 Å². The molecule has 4 aromatic rings. The van der Waals surface area contributed by atoms with E-state index >= 15 is 0 Å². The largest absolute Gasteiger partial charge is 0.494 e. The predicted octanol–water partition coefficient (Wildman–Crippen LogP) is 4.68. The Kier molecular flexibility index (Phi) is 7.52. The van der Waals surface area contributed by atoms with Crippen LogP contribution in [0.1, 0.15) is 33.3 Å². The van der Waals surface area contributed by atoms with Crippen LogP contribution < -0.4 is 20.9 Å². The number of hydrogen-bond donors (Lipinski definition) is 3. The molecule has 0 aliphatic rings. The van der Waals surface area contributed by atoms with Gasteiger partial charge >= 0.3 is 6.09 Å². The number of carbonyl (C=O) groups is 2. The van der Waals surface area contributed by atoms with Crippen LogP contribution >= 0.6 is 0 Å². The number of benzene rings is 3. The van der Waals surface area contributed by atoms with Gasteiger partial charge in [-0.3, -0.25) is 4.79 Å². The highest BCUT2D eigenvalue weighted by Gasteiger charge is 2.25. The number of hydrazine groups is 1. The van der Waals surface area contributed by atoms with Crippen LogP contribution in [0, 0.1) is 0 Å². The number of carbonyl (C=O) groups excluding carboxylic acids is 2. The third-order valence-corrected chi connectivity index (χ3v) is 5.96. The van der Waals surface area contributed by atoms with Crippen molar-refractivity contribution >= 4 is 39.5 Å². The standard InChI is InChI=1S/C29H32N4O5/c1-17(31-28(36)38-29(2,3)4)27(35)33(30)20-14-18(16-34)13-19(15-20)25-21-9-6-7-11-23(21)32-26-22(25)10-8-12-24(26)37-5/h6-15,17,34H,16,30H2,1-5H3,(H,31,36). The van der Waals surface area contributed by atoms with Crippen molar-refractivity contribution in [3.8, 4) is 16.9 Å². The van der Waals surface area contributed by atoms with Crippen LogP contribution in [-0.4, -0.2) is 40.8 Å². The van der Waals surface area contributed by atoms with Crippen LogP contribution in [0.4, 0.5) is 10.5 Å². The molecule has 0 radical (unpaired) electrons. The number of nitrogens with zero attached hydrogens (tertiary/aromatic N) is 2. The van der Waals surface area contributed by atoms with E-state index in [2.05, 4.69) is 5.32 Å². The van der Waals surface area contributed by atoms with Gasteiger partial charge in [0.1, 0.15) is 22.9 Å². The van der Waals surface area contributed by atoms with Crippen molar-refractivity contribution in [2.24, 2.45) is 5.84 Å². The second-order valence-electron chi connectivity index (χ2n) is 9.98. The molecule has 198 valence electrons. The second kappa shape index (κ2) is 10.6. The molecule has 38 heavy (non-hydrogen) atoms. The van der Waals surface area contributed by atoms with E-state index in [1.165, 1.54) is 6.92 Å². The summed E-state index contributed by atoms with van der Waals surface area (Å²) in [6.07, 6.45) is -0.722. The molecule has 0 bridgehead atoms. The Hall–Kier alpha value is -4.21. The maximum Gasteiger partial charge on any atom is 0.408 e. The number of ether oxygens (including phenoxy) is 2. The Balaban J connectivity index is 1.80.